The largest absolute Gasteiger partial charge is 0.483 e. The van der Waals surface area contributed by atoms with Crippen LogP contribution in [0.4, 0.5) is 5.69 Å². The highest BCUT2D eigenvalue weighted by Gasteiger charge is 2.60. The molecular formula is C21H23N3O5. The van der Waals surface area contributed by atoms with E-state index in [4.69, 9.17) is 9.90 Å². The first-order chi connectivity index (χ1) is 13.8. The molecule has 0 aliphatic carbocycles. The van der Waals surface area contributed by atoms with Gasteiger partial charge in [0.1, 0.15) is 11.0 Å². The van der Waals surface area contributed by atoms with E-state index in [9.17, 15) is 14.7 Å². The lowest BCUT2D eigenvalue weighted by Crippen LogP contribution is -2.48. The minimum absolute atomic E-state index is 0.112. The third-order valence-electron chi connectivity index (χ3n) is 5.37. The summed E-state index contributed by atoms with van der Waals surface area (Å²) in [6, 6.07) is 10.8. The molecule has 1 aromatic carbocycles. The number of hydrogen-bond acceptors (Lipinski definition) is 5. The summed E-state index contributed by atoms with van der Waals surface area (Å²) in [7, 11) is 0. The van der Waals surface area contributed by atoms with E-state index in [0.717, 1.165) is 16.8 Å². The van der Waals surface area contributed by atoms with Crippen molar-refractivity contribution in [2.45, 2.75) is 37.3 Å². The Morgan fingerprint density at radius 3 is 2.62 bits per heavy atom. The van der Waals surface area contributed by atoms with Crippen molar-refractivity contribution in [1.82, 2.24) is 9.88 Å². The molecule has 4 rings (SSSR count). The Bertz CT molecular complexity index is 925. The second kappa shape index (κ2) is 7.63. The number of likely N-dealkylation sites (tertiary alicyclic amines) is 1. The summed E-state index contributed by atoms with van der Waals surface area (Å²) >= 11 is 0. The average Bonchev–Trinajstić information content (AvgIpc) is 3.22. The maximum absolute atomic E-state index is 13.1. The van der Waals surface area contributed by atoms with Gasteiger partial charge in [0.25, 0.3) is 12.4 Å². The van der Waals surface area contributed by atoms with E-state index < -0.39 is 17.1 Å². The van der Waals surface area contributed by atoms with E-state index in [1.807, 2.05) is 30.3 Å². The molecule has 3 N–H and O–H groups in total. The Labute approximate surface area is 168 Å². The average molecular weight is 397 g/mol. The number of benzene rings is 1. The number of carbonyl (C=O) groups is 3. The van der Waals surface area contributed by atoms with E-state index in [0.29, 0.717) is 13.0 Å². The molecule has 0 bridgehead atoms. The quantitative estimate of drug-likeness (QED) is 0.664. The molecule has 2 unspecified atom stereocenters. The zero-order valence-corrected chi connectivity index (χ0v) is 16.2. The molecule has 8 nitrogen and oxygen atoms in total. The number of hydrogen-bond donors (Lipinski definition) is 3. The summed E-state index contributed by atoms with van der Waals surface area (Å²) in [5.74, 6) is -0.501. The van der Waals surface area contributed by atoms with Crippen molar-refractivity contribution in [2.24, 2.45) is 0 Å². The van der Waals surface area contributed by atoms with Crippen LogP contribution in [-0.2, 0) is 19.8 Å². The zero-order chi connectivity index (χ0) is 21.2. The Hall–Kier alpha value is -3.26. The molecule has 0 saturated carbocycles. The molecule has 2 aliphatic rings. The van der Waals surface area contributed by atoms with Crippen LogP contribution in [0.1, 0.15) is 37.4 Å². The van der Waals surface area contributed by atoms with Crippen LogP contribution in [0.25, 0.3) is 0 Å². The van der Waals surface area contributed by atoms with Crippen molar-refractivity contribution in [3.63, 3.8) is 0 Å². The number of aromatic nitrogens is 1. The molecule has 0 radical (unpaired) electrons. The van der Waals surface area contributed by atoms with Gasteiger partial charge < -0.3 is 20.4 Å². The van der Waals surface area contributed by atoms with Crippen LogP contribution in [-0.4, -0.2) is 50.5 Å². The van der Waals surface area contributed by atoms with Gasteiger partial charge in [-0.3, -0.25) is 19.4 Å². The number of aliphatic hydroxyl groups is 1. The fraction of sp³-hybridized carbons (Fsp3) is 0.333. The number of anilines is 1. The molecular weight excluding hydrogens is 374 g/mol. The topological polar surface area (TPSA) is 120 Å². The Kier molecular flexibility index (Phi) is 5.39. The fourth-order valence-corrected chi connectivity index (χ4v) is 4.26. The van der Waals surface area contributed by atoms with Gasteiger partial charge in [-0.1, -0.05) is 24.3 Å². The SMILES string of the molecule is CC(C)(O)C(=O)N1CCC2(C(=O)Nc3ccccc32)C1c1cccnc1.O=CO. The molecule has 2 aromatic rings. The molecule has 2 amide bonds. The minimum Gasteiger partial charge on any atom is -0.483 e. The van der Waals surface area contributed by atoms with Crippen LogP contribution < -0.4 is 5.32 Å². The molecule has 2 atom stereocenters. The number of amides is 2. The summed E-state index contributed by atoms with van der Waals surface area (Å²) in [6.07, 6.45) is 3.85. The standard InChI is InChI=1S/C20H21N3O3.CH2O2/c1-19(2,26)18(25)23-11-9-20(16(23)13-6-5-10-21-12-13)14-7-3-4-8-15(14)22-17(20)24;2-1-3/h3-8,10,12,16,26H,9,11H2,1-2H3,(H,22,24);1H,(H,2,3). The third kappa shape index (κ3) is 3.36. The van der Waals surface area contributed by atoms with Crippen molar-refractivity contribution in [2.75, 3.05) is 11.9 Å². The smallest absolute Gasteiger partial charge is 0.290 e. The predicted octanol–water partition coefficient (Wildman–Crippen LogP) is 1.72. The molecule has 1 fully saturated rings. The molecule has 3 heterocycles. The Morgan fingerprint density at radius 2 is 2.00 bits per heavy atom. The van der Waals surface area contributed by atoms with Crippen LogP contribution in [0.2, 0.25) is 0 Å². The van der Waals surface area contributed by atoms with Gasteiger partial charge in [-0.15, -0.1) is 0 Å². The van der Waals surface area contributed by atoms with Gasteiger partial charge in [-0.25, -0.2) is 0 Å². The van der Waals surface area contributed by atoms with E-state index in [1.165, 1.54) is 13.8 Å². The van der Waals surface area contributed by atoms with Crippen molar-refractivity contribution < 1.29 is 24.6 Å². The van der Waals surface area contributed by atoms with Crippen molar-refractivity contribution in [1.29, 1.82) is 0 Å². The number of nitrogens with zero attached hydrogens (tertiary/aromatic N) is 2. The van der Waals surface area contributed by atoms with Gasteiger partial charge in [-0.05, 0) is 43.5 Å². The van der Waals surface area contributed by atoms with E-state index >= 15 is 0 Å². The van der Waals surface area contributed by atoms with Crippen LogP contribution >= 0.6 is 0 Å². The number of carboxylic acid groups (broad SMARTS) is 1. The molecule has 1 saturated heterocycles. The van der Waals surface area contributed by atoms with E-state index in [-0.39, 0.29) is 18.3 Å². The molecule has 1 aromatic heterocycles. The lowest BCUT2D eigenvalue weighted by Gasteiger charge is -2.36. The molecule has 8 heteroatoms. The van der Waals surface area contributed by atoms with Gasteiger partial charge in [-0.2, -0.15) is 0 Å². The monoisotopic (exact) mass is 397 g/mol. The van der Waals surface area contributed by atoms with Crippen LogP contribution in [0.15, 0.2) is 48.8 Å². The van der Waals surface area contributed by atoms with Gasteiger partial charge in [0.15, 0.2) is 0 Å². The van der Waals surface area contributed by atoms with Crippen molar-refractivity contribution in [3.8, 4) is 0 Å². The highest BCUT2D eigenvalue weighted by molar-refractivity contribution is 6.08. The number of carbonyl (C=O) groups excluding carboxylic acids is 2. The van der Waals surface area contributed by atoms with Crippen molar-refractivity contribution in [3.05, 3.63) is 59.9 Å². The zero-order valence-electron chi connectivity index (χ0n) is 16.2. The first-order valence-electron chi connectivity index (χ1n) is 9.19. The lowest BCUT2D eigenvalue weighted by atomic mass is 9.73. The first-order valence-corrected chi connectivity index (χ1v) is 9.19. The number of pyridine rings is 1. The van der Waals surface area contributed by atoms with E-state index in [2.05, 4.69) is 10.3 Å². The maximum atomic E-state index is 13.1. The Balaban J connectivity index is 0.000000755. The lowest BCUT2D eigenvalue weighted by molar-refractivity contribution is -0.149. The second-order valence-electron chi connectivity index (χ2n) is 7.57. The maximum Gasteiger partial charge on any atom is 0.290 e. The molecule has 2 aliphatic heterocycles. The van der Waals surface area contributed by atoms with Crippen LogP contribution in [0.3, 0.4) is 0 Å². The molecule has 1 spiro atoms. The van der Waals surface area contributed by atoms with Gasteiger partial charge >= 0.3 is 0 Å². The Morgan fingerprint density at radius 1 is 1.31 bits per heavy atom. The number of para-hydroxylation sites is 1. The summed E-state index contributed by atoms with van der Waals surface area (Å²) in [5.41, 5.74) is 0.0736. The predicted molar refractivity (Wildman–Crippen MR) is 105 cm³/mol. The summed E-state index contributed by atoms with van der Waals surface area (Å²) in [4.78, 5) is 40.2. The fourth-order valence-electron chi connectivity index (χ4n) is 4.26. The number of rotatable bonds is 2. The summed E-state index contributed by atoms with van der Waals surface area (Å²) in [5, 5.41) is 20.2. The van der Waals surface area contributed by atoms with E-state index in [1.54, 1.807) is 23.4 Å². The second-order valence-corrected chi connectivity index (χ2v) is 7.57. The highest BCUT2D eigenvalue weighted by atomic mass is 16.3. The van der Waals surface area contributed by atoms with Crippen molar-refractivity contribution >= 4 is 24.0 Å². The molecule has 29 heavy (non-hydrogen) atoms. The third-order valence-corrected chi connectivity index (χ3v) is 5.37. The number of fused-ring (bicyclic) bond motifs is 2. The van der Waals surface area contributed by atoms with Crippen LogP contribution in [0, 0.1) is 0 Å². The first kappa shape index (κ1) is 20.5. The van der Waals surface area contributed by atoms with Gasteiger partial charge in [0, 0.05) is 24.6 Å². The van der Waals surface area contributed by atoms with Gasteiger partial charge in [0.05, 0.1) is 6.04 Å². The number of nitrogens with one attached hydrogen (secondary N) is 1. The highest BCUT2D eigenvalue weighted by Crippen LogP contribution is 2.54. The summed E-state index contributed by atoms with van der Waals surface area (Å²) < 4.78 is 0. The normalized spacial score (nSPS) is 22.5. The summed E-state index contributed by atoms with van der Waals surface area (Å²) in [6.45, 7) is 3.09. The van der Waals surface area contributed by atoms with Gasteiger partial charge in [0.2, 0.25) is 5.91 Å². The minimum atomic E-state index is -1.51. The molecule has 152 valence electrons. The van der Waals surface area contributed by atoms with Crippen LogP contribution in [0.5, 0.6) is 0 Å².